The number of carbonyl (C=O) groups excluding carboxylic acids is 2. The zero-order valence-corrected chi connectivity index (χ0v) is 22.2. The van der Waals surface area contributed by atoms with Gasteiger partial charge in [0.2, 0.25) is 0 Å². The number of amides is 2. The molecule has 39 heavy (non-hydrogen) atoms. The molecular weight excluding hydrogens is 531 g/mol. The van der Waals surface area contributed by atoms with Crippen LogP contribution in [0.5, 0.6) is 5.75 Å². The minimum atomic E-state index is -0.753. The summed E-state index contributed by atoms with van der Waals surface area (Å²) in [5.41, 5.74) is 0.250. The molecule has 1 atom stereocenters. The standard InChI is InChI=1S/C27H30ClFN4O6/c28-19-14-16(2-5-20(19)29)15-30-8-6-18-21(25(30)35)23(34)27(37)32-22(18)26(36)31(24(32)17-3-4-17)7-1-9-33(38)10-12-39-13-11-33/h2,5,14,17,24,34H,1,3-4,6-13,15H2. The molecule has 1 N–H and O–H groups in total. The molecule has 0 radical (unpaired) electrons. The van der Waals surface area contributed by atoms with Gasteiger partial charge in [0.25, 0.3) is 17.4 Å². The van der Waals surface area contributed by atoms with E-state index in [1.807, 2.05) is 0 Å². The Bertz CT molecular complexity index is 1400. The molecule has 12 heteroatoms. The number of rotatable bonds is 7. The van der Waals surface area contributed by atoms with E-state index < -0.39 is 29.2 Å². The van der Waals surface area contributed by atoms with Gasteiger partial charge in [0.1, 0.15) is 30.8 Å². The molecule has 6 rings (SSSR count). The molecule has 1 saturated carbocycles. The number of benzene rings is 1. The van der Waals surface area contributed by atoms with E-state index in [1.54, 1.807) is 4.90 Å². The number of aromatic hydroxyl groups is 1. The summed E-state index contributed by atoms with van der Waals surface area (Å²) in [5.74, 6) is -2.04. The zero-order valence-electron chi connectivity index (χ0n) is 21.4. The summed E-state index contributed by atoms with van der Waals surface area (Å²) in [5, 5.41) is 23.9. The van der Waals surface area contributed by atoms with E-state index in [1.165, 1.54) is 27.7 Å². The number of carbonyl (C=O) groups is 2. The predicted molar refractivity (Wildman–Crippen MR) is 139 cm³/mol. The Morgan fingerprint density at radius 2 is 1.90 bits per heavy atom. The van der Waals surface area contributed by atoms with Crippen LogP contribution in [0.25, 0.3) is 0 Å². The summed E-state index contributed by atoms with van der Waals surface area (Å²) in [6.45, 7) is 2.62. The van der Waals surface area contributed by atoms with E-state index in [-0.39, 0.29) is 52.3 Å². The number of hydroxylamine groups is 3. The van der Waals surface area contributed by atoms with Crippen LogP contribution in [0, 0.1) is 16.9 Å². The maximum Gasteiger partial charge on any atom is 0.295 e. The Hall–Kier alpha value is -2.99. The van der Waals surface area contributed by atoms with Gasteiger partial charge < -0.3 is 29.5 Å². The highest BCUT2D eigenvalue weighted by Gasteiger charge is 2.49. The van der Waals surface area contributed by atoms with Gasteiger partial charge >= 0.3 is 0 Å². The van der Waals surface area contributed by atoms with E-state index in [0.29, 0.717) is 56.9 Å². The molecule has 1 unspecified atom stereocenters. The quantitative estimate of drug-likeness (QED) is 0.411. The van der Waals surface area contributed by atoms with Gasteiger partial charge in [0.05, 0.1) is 30.3 Å². The molecule has 0 spiro atoms. The van der Waals surface area contributed by atoms with Crippen molar-refractivity contribution in [1.82, 2.24) is 14.4 Å². The lowest BCUT2D eigenvalue weighted by Gasteiger charge is -2.45. The van der Waals surface area contributed by atoms with E-state index in [9.17, 15) is 29.1 Å². The van der Waals surface area contributed by atoms with Crippen molar-refractivity contribution in [3.63, 3.8) is 0 Å². The predicted octanol–water partition coefficient (Wildman–Crippen LogP) is 2.64. The van der Waals surface area contributed by atoms with Crippen LogP contribution in [-0.4, -0.2) is 81.9 Å². The Morgan fingerprint density at radius 1 is 1.15 bits per heavy atom. The fourth-order valence-electron chi connectivity index (χ4n) is 6.12. The van der Waals surface area contributed by atoms with Crippen molar-refractivity contribution < 1.29 is 28.5 Å². The number of aromatic nitrogens is 1. The van der Waals surface area contributed by atoms with Crippen molar-refractivity contribution >= 4 is 23.4 Å². The second-order valence-electron chi connectivity index (χ2n) is 10.9. The van der Waals surface area contributed by atoms with Crippen LogP contribution >= 0.6 is 11.6 Å². The maximum atomic E-state index is 13.8. The number of pyridine rings is 1. The fraction of sp³-hybridized carbons (Fsp3) is 0.519. The molecule has 4 aliphatic rings. The highest BCUT2D eigenvalue weighted by Crippen LogP contribution is 2.46. The minimum Gasteiger partial charge on any atom is -0.633 e. The fourth-order valence-corrected chi connectivity index (χ4v) is 6.32. The highest BCUT2D eigenvalue weighted by atomic mass is 35.5. The molecule has 3 aliphatic heterocycles. The second-order valence-corrected chi connectivity index (χ2v) is 11.3. The van der Waals surface area contributed by atoms with E-state index >= 15 is 0 Å². The van der Waals surface area contributed by atoms with Crippen LogP contribution in [0.1, 0.15) is 57.4 Å². The van der Waals surface area contributed by atoms with Crippen molar-refractivity contribution in [1.29, 1.82) is 0 Å². The van der Waals surface area contributed by atoms with Crippen molar-refractivity contribution in [2.24, 2.45) is 5.92 Å². The molecule has 2 fully saturated rings. The van der Waals surface area contributed by atoms with Crippen molar-refractivity contribution in [2.75, 3.05) is 45.9 Å². The third kappa shape index (κ3) is 4.61. The smallest absolute Gasteiger partial charge is 0.295 e. The second kappa shape index (κ2) is 9.88. The average Bonchev–Trinajstić information content (AvgIpc) is 3.70. The molecule has 4 heterocycles. The Balaban J connectivity index is 1.29. The number of halogens is 2. The van der Waals surface area contributed by atoms with Gasteiger partial charge in [-0.3, -0.25) is 19.0 Å². The Labute approximate surface area is 229 Å². The van der Waals surface area contributed by atoms with E-state index in [2.05, 4.69) is 0 Å². The molecule has 1 aliphatic carbocycles. The first kappa shape index (κ1) is 26.2. The summed E-state index contributed by atoms with van der Waals surface area (Å²) in [6, 6.07) is 4.18. The largest absolute Gasteiger partial charge is 0.633 e. The number of quaternary nitrogens is 1. The van der Waals surface area contributed by atoms with Crippen molar-refractivity contribution in [3.8, 4) is 5.75 Å². The minimum absolute atomic E-state index is 0.0633. The van der Waals surface area contributed by atoms with Gasteiger partial charge in [-0.25, -0.2) is 4.39 Å². The number of hydrogen-bond donors (Lipinski definition) is 1. The van der Waals surface area contributed by atoms with Gasteiger partial charge in [-0.2, -0.15) is 0 Å². The third-order valence-electron chi connectivity index (χ3n) is 8.32. The van der Waals surface area contributed by atoms with Crippen LogP contribution in [-0.2, 0) is 17.7 Å². The maximum absolute atomic E-state index is 13.8. The van der Waals surface area contributed by atoms with Crippen LogP contribution < -0.4 is 5.56 Å². The molecule has 10 nitrogen and oxygen atoms in total. The number of ether oxygens (including phenoxy) is 1. The molecule has 1 aromatic carbocycles. The summed E-state index contributed by atoms with van der Waals surface area (Å²) >= 11 is 5.89. The summed E-state index contributed by atoms with van der Waals surface area (Å²) in [7, 11) is 0. The Morgan fingerprint density at radius 3 is 2.59 bits per heavy atom. The van der Waals surface area contributed by atoms with Gasteiger partial charge in [0, 0.05) is 31.6 Å². The monoisotopic (exact) mass is 560 g/mol. The lowest BCUT2D eigenvalue weighted by Crippen LogP contribution is -2.51. The highest BCUT2D eigenvalue weighted by molar-refractivity contribution is 6.30. The molecule has 0 bridgehead atoms. The van der Waals surface area contributed by atoms with Gasteiger partial charge in [0.15, 0.2) is 5.75 Å². The van der Waals surface area contributed by atoms with E-state index in [4.69, 9.17) is 16.3 Å². The number of morpholine rings is 1. The van der Waals surface area contributed by atoms with Crippen LogP contribution in [0.2, 0.25) is 5.02 Å². The van der Waals surface area contributed by atoms with Gasteiger partial charge in [-0.05, 0) is 42.9 Å². The normalized spacial score (nSPS) is 22.3. The lowest BCUT2D eigenvalue weighted by atomic mass is 9.95. The van der Waals surface area contributed by atoms with Crippen molar-refractivity contribution in [3.05, 3.63) is 67.0 Å². The zero-order chi connectivity index (χ0) is 27.5. The average molecular weight is 561 g/mol. The molecular formula is C27H30ClFN4O6. The first-order chi connectivity index (χ1) is 18.7. The number of hydrogen-bond acceptors (Lipinski definition) is 6. The molecule has 1 saturated heterocycles. The SMILES string of the molecule is O=C1c2c(c3n(c(=O)c2O)C(C2CC2)N(CCC[N+]2([O-])CCOCC2)C3=O)CCN1Cc1ccc(F)c(Cl)c1. The number of fused-ring (bicyclic) bond motifs is 3. The molecule has 2 aromatic rings. The van der Waals surface area contributed by atoms with Gasteiger partial charge in [-0.1, -0.05) is 17.7 Å². The summed E-state index contributed by atoms with van der Waals surface area (Å²) in [4.78, 5) is 43.8. The van der Waals surface area contributed by atoms with Crippen molar-refractivity contribution in [2.45, 2.75) is 38.4 Å². The third-order valence-corrected chi connectivity index (χ3v) is 8.61. The lowest BCUT2D eigenvalue weighted by molar-refractivity contribution is -0.888. The summed E-state index contributed by atoms with van der Waals surface area (Å²) < 4.78 is 19.9. The first-order valence-corrected chi connectivity index (χ1v) is 13.8. The molecule has 208 valence electrons. The molecule has 2 amide bonds. The number of nitrogens with zero attached hydrogens (tertiary/aromatic N) is 4. The topological polar surface area (TPSA) is 115 Å². The van der Waals surface area contributed by atoms with Crippen LogP contribution in [0.3, 0.4) is 0 Å². The summed E-state index contributed by atoms with van der Waals surface area (Å²) in [6.07, 6.45) is 1.92. The van der Waals surface area contributed by atoms with E-state index in [0.717, 1.165) is 12.8 Å². The van der Waals surface area contributed by atoms with Crippen LogP contribution in [0.15, 0.2) is 23.0 Å². The first-order valence-electron chi connectivity index (χ1n) is 13.4. The van der Waals surface area contributed by atoms with Crippen LogP contribution in [0.4, 0.5) is 4.39 Å². The van der Waals surface area contributed by atoms with Gasteiger partial charge in [-0.15, -0.1) is 0 Å². The molecule has 1 aromatic heterocycles. The Kier molecular flexibility index (Phi) is 6.65.